The molecule has 0 bridgehead atoms. The predicted molar refractivity (Wildman–Crippen MR) is 97.0 cm³/mol. The van der Waals surface area contributed by atoms with Crippen molar-refractivity contribution < 1.29 is 10.2 Å². The number of halogens is 2. The second-order valence-corrected chi connectivity index (χ2v) is 6.73. The molecule has 1 aliphatic heterocycles. The van der Waals surface area contributed by atoms with Crippen molar-refractivity contribution in [3.05, 3.63) is 57.6 Å². The summed E-state index contributed by atoms with van der Waals surface area (Å²) in [4.78, 5) is 2.34. The average Bonchev–Trinajstić information content (AvgIpc) is 2.54. The van der Waals surface area contributed by atoms with Gasteiger partial charge in [0.15, 0.2) is 0 Å². The van der Waals surface area contributed by atoms with Gasteiger partial charge in [-0.25, -0.2) is 0 Å². The van der Waals surface area contributed by atoms with Crippen molar-refractivity contribution in [2.45, 2.75) is 19.0 Å². The number of aromatic hydroxyl groups is 2. The first-order valence-electron chi connectivity index (χ1n) is 7.95. The van der Waals surface area contributed by atoms with Crippen LogP contribution in [0, 0.1) is 0 Å². The maximum Gasteiger partial charge on any atom is 0.117 e. The Morgan fingerprint density at radius 1 is 1.04 bits per heavy atom. The molecule has 1 heterocycles. The summed E-state index contributed by atoms with van der Waals surface area (Å²) >= 11 is 12.8. The maximum absolute atomic E-state index is 9.65. The summed E-state index contributed by atoms with van der Waals surface area (Å²) in [6, 6.07) is 10.0. The molecule has 24 heavy (non-hydrogen) atoms. The zero-order valence-electron chi connectivity index (χ0n) is 13.3. The summed E-state index contributed by atoms with van der Waals surface area (Å²) in [5, 5.41) is 23.9. The van der Waals surface area contributed by atoms with Crippen molar-refractivity contribution in [2.24, 2.45) is 0 Å². The van der Waals surface area contributed by atoms with Crippen LogP contribution in [0.5, 0.6) is 11.5 Å². The molecule has 2 atom stereocenters. The number of phenolic OH excluding ortho intramolecular Hbond substituents is 2. The molecule has 0 aromatic heterocycles. The van der Waals surface area contributed by atoms with Crippen LogP contribution in [0.1, 0.15) is 30.1 Å². The topological polar surface area (TPSA) is 55.7 Å². The highest BCUT2D eigenvalue weighted by Gasteiger charge is 2.35. The standard InChI is InChI=1S/C18H20Cl2N2O2/c1-2-22-8-7-21-17(13-5-3-11(23)9-15(13)19)18(22)14-6-4-12(24)10-16(14)20/h3-6,9-10,17-18,21,23-24H,2,7-8H2,1H3/t17-,18+/m1/s1. The molecule has 0 spiro atoms. The van der Waals surface area contributed by atoms with E-state index in [1.165, 1.54) is 0 Å². The van der Waals surface area contributed by atoms with E-state index in [1.807, 2.05) is 12.1 Å². The largest absolute Gasteiger partial charge is 0.508 e. The number of hydrogen-bond acceptors (Lipinski definition) is 4. The van der Waals surface area contributed by atoms with Gasteiger partial charge in [0.1, 0.15) is 11.5 Å². The quantitative estimate of drug-likeness (QED) is 0.764. The molecule has 6 heteroatoms. The van der Waals surface area contributed by atoms with E-state index in [9.17, 15) is 10.2 Å². The second kappa shape index (κ2) is 7.19. The molecule has 3 N–H and O–H groups in total. The lowest BCUT2D eigenvalue weighted by Crippen LogP contribution is -2.48. The fraction of sp³-hybridized carbons (Fsp3) is 0.333. The lowest BCUT2D eigenvalue weighted by atomic mass is 9.90. The van der Waals surface area contributed by atoms with E-state index in [1.54, 1.807) is 24.3 Å². The SMILES string of the molecule is CCN1CCN[C@H](c2ccc(O)cc2Cl)[C@@H]1c1ccc(O)cc1Cl. The van der Waals surface area contributed by atoms with Gasteiger partial charge in [0.2, 0.25) is 0 Å². The van der Waals surface area contributed by atoms with Crippen molar-refractivity contribution in [1.82, 2.24) is 10.2 Å². The Bertz CT molecular complexity index is 739. The van der Waals surface area contributed by atoms with Gasteiger partial charge in [-0.05, 0) is 41.9 Å². The molecule has 1 saturated heterocycles. The molecule has 2 aromatic rings. The molecule has 0 amide bonds. The van der Waals surface area contributed by atoms with Crippen LogP contribution in [0.25, 0.3) is 0 Å². The lowest BCUT2D eigenvalue weighted by Gasteiger charge is -2.42. The number of likely N-dealkylation sites (N-methyl/N-ethyl adjacent to an activating group) is 1. The minimum atomic E-state index is -0.0613. The number of nitrogens with one attached hydrogen (secondary N) is 1. The fourth-order valence-electron chi connectivity index (χ4n) is 3.36. The zero-order chi connectivity index (χ0) is 17.3. The van der Waals surface area contributed by atoms with Crippen LogP contribution in [0.15, 0.2) is 36.4 Å². The van der Waals surface area contributed by atoms with Crippen LogP contribution in [0.4, 0.5) is 0 Å². The van der Waals surface area contributed by atoms with E-state index >= 15 is 0 Å². The molecule has 2 aromatic carbocycles. The lowest BCUT2D eigenvalue weighted by molar-refractivity contribution is 0.126. The number of rotatable bonds is 3. The van der Waals surface area contributed by atoms with Gasteiger partial charge in [0.05, 0.1) is 12.1 Å². The Kier molecular flexibility index (Phi) is 5.21. The Morgan fingerprint density at radius 2 is 1.62 bits per heavy atom. The number of benzene rings is 2. The van der Waals surface area contributed by atoms with Gasteiger partial charge in [0, 0.05) is 23.1 Å². The van der Waals surface area contributed by atoms with E-state index in [0.717, 1.165) is 30.8 Å². The van der Waals surface area contributed by atoms with Gasteiger partial charge in [-0.15, -0.1) is 0 Å². The van der Waals surface area contributed by atoms with Gasteiger partial charge in [-0.1, -0.05) is 42.3 Å². The van der Waals surface area contributed by atoms with Gasteiger partial charge >= 0.3 is 0 Å². The van der Waals surface area contributed by atoms with Crippen LogP contribution in [0.2, 0.25) is 10.0 Å². The molecule has 1 aliphatic rings. The van der Waals surface area contributed by atoms with E-state index in [4.69, 9.17) is 23.2 Å². The summed E-state index contributed by atoms with van der Waals surface area (Å²) in [5.74, 6) is 0.293. The summed E-state index contributed by atoms with van der Waals surface area (Å²) in [6.45, 7) is 4.71. The van der Waals surface area contributed by atoms with Crippen molar-refractivity contribution in [3.8, 4) is 11.5 Å². The maximum atomic E-state index is 9.65. The first kappa shape index (κ1) is 17.4. The molecule has 128 valence electrons. The summed E-state index contributed by atoms with van der Waals surface area (Å²) in [7, 11) is 0. The van der Waals surface area contributed by atoms with E-state index < -0.39 is 0 Å². The molecule has 4 nitrogen and oxygen atoms in total. The molecule has 0 saturated carbocycles. The Morgan fingerprint density at radius 3 is 2.17 bits per heavy atom. The fourth-order valence-corrected chi connectivity index (χ4v) is 3.94. The van der Waals surface area contributed by atoms with Crippen molar-refractivity contribution in [3.63, 3.8) is 0 Å². The molecular weight excluding hydrogens is 347 g/mol. The van der Waals surface area contributed by atoms with Crippen molar-refractivity contribution in [1.29, 1.82) is 0 Å². The normalized spacial score (nSPS) is 21.8. The van der Waals surface area contributed by atoms with Gasteiger partial charge in [0.25, 0.3) is 0 Å². The molecule has 0 aliphatic carbocycles. The molecule has 0 radical (unpaired) electrons. The van der Waals surface area contributed by atoms with Gasteiger partial charge in [-0.2, -0.15) is 0 Å². The smallest absolute Gasteiger partial charge is 0.117 e. The summed E-state index contributed by atoms with van der Waals surface area (Å²) in [5.41, 5.74) is 1.86. The monoisotopic (exact) mass is 366 g/mol. The number of hydrogen-bond donors (Lipinski definition) is 3. The van der Waals surface area contributed by atoms with Crippen LogP contribution in [0.3, 0.4) is 0 Å². The third kappa shape index (κ3) is 3.33. The average molecular weight is 367 g/mol. The van der Waals surface area contributed by atoms with Crippen LogP contribution in [-0.4, -0.2) is 34.7 Å². The first-order chi connectivity index (χ1) is 11.5. The Labute approximate surface area is 151 Å². The van der Waals surface area contributed by atoms with Crippen LogP contribution < -0.4 is 5.32 Å². The Balaban J connectivity index is 2.08. The summed E-state index contributed by atoms with van der Waals surface area (Å²) < 4.78 is 0. The van der Waals surface area contributed by atoms with E-state index in [2.05, 4.69) is 17.1 Å². The zero-order valence-corrected chi connectivity index (χ0v) is 14.8. The van der Waals surface area contributed by atoms with Gasteiger partial charge in [-0.3, -0.25) is 4.90 Å². The van der Waals surface area contributed by atoms with Crippen LogP contribution >= 0.6 is 23.2 Å². The highest BCUT2D eigenvalue weighted by atomic mass is 35.5. The van der Waals surface area contributed by atoms with Gasteiger partial charge < -0.3 is 15.5 Å². The minimum absolute atomic E-state index is 0.0149. The summed E-state index contributed by atoms with van der Waals surface area (Å²) in [6.07, 6.45) is 0. The highest BCUT2D eigenvalue weighted by Crippen LogP contribution is 2.42. The number of phenols is 2. The number of piperazine rings is 1. The van der Waals surface area contributed by atoms with Crippen molar-refractivity contribution in [2.75, 3.05) is 19.6 Å². The van der Waals surface area contributed by atoms with Crippen LogP contribution in [-0.2, 0) is 0 Å². The second-order valence-electron chi connectivity index (χ2n) is 5.92. The third-order valence-corrected chi connectivity index (χ3v) is 5.16. The molecule has 3 rings (SSSR count). The van der Waals surface area contributed by atoms with E-state index in [-0.39, 0.29) is 23.6 Å². The minimum Gasteiger partial charge on any atom is -0.508 e. The van der Waals surface area contributed by atoms with Crippen molar-refractivity contribution >= 4 is 23.2 Å². The third-order valence-electron chi connectivity index (χ3n) is 4.50. The predicted octanol–water partition coefficient (Wildman–Crippen LogP) is 4.11. The van der Waals surface area contributed by atoms with E-state index in [0.29, 0.717) is 10.0 Å². The molecule has 1 fully saturated rings. The molecule has 0 unspecified atom stereocenters. The highest BCUT2D eigenvalue weighted by molar-refractivity contribution is 6.32. The molecular formula is C18H20Cl2N2O2. The first-order valence-corrected chi connectivity index (χ1v) is 8.71. The number of nitrogens with zero attached hydrogens (tertiary/aromatic N) is 1. The Hall–Kier alpha value is -1.46.